The minimum atomic E-state index is 0.610. The van der Waals surface area contributed by atoms with Crippen molar-refractivity contribution in [1.29, 1.82) is 0 Å². The van der Waals surface area contributed by atoms with Crippen LogP contribution in [0.3, 0.4) is 0 Å². The van der Waals surface area contributed by atoms with Crippen molar-refractivity contribution < 1.29 is 0 Å². The molecule has 0 bridgehead atoms. The van der Waals surface area contributed by atoms with Crippen LogP contribution >= 0.6 is 0 Å². The maximum atomic E-state index is 5.73. The van der Waals surface area contributed by atoms with E-state index in [2.05, 4.69) is 37.0 Å². The van der Waals surface area contributed by atoms with Crippen molar-refractivity contribution >= 4 is 10.9 Å². The second kappa shape index (κ2) is 3.46. The highest BCUT2D eigenvalue weighted by Crippen LogP contribution is 2.22. The van der Waals surface area contributed by atoms with E-state index in [-0.39, 0.29) is 0 Å². The highest BCUT2D eigenvalue weighted by molar-refractivity contribution is 5.85. The molecule has 14 heavy (non-hydrogen) atoms. The lowest BCUT2D eigenvalue weighted by Crippen LogP contribution is -1.96. The lowest BCUT2D eigenvalue weighted by molar-refractivity contribution is 1.05. The summed E-state index contributed by atoms with van der Waals surface area (Å²) < 4.78 is 0. The quantitative estimate of drug-likeness (QED) is 0.747. The van der Waals surface area contributed by atoms with Gasteiger partial charge in [-0.05, 0) is 36.6 Å². The number of fused-ring (bicyclic) bond motifs is 1. The number of hydrogen-bond donors (Lipinski definition) is 2. The summed E-state index contributed by atoms with van der Waals surface area (Å²) >= 11 is 0. The Morgan fingerprint density at radius 2 is 2.14 bits per heavy atom. The lowest BCUT2D eigenvalue weighted by Gasteiger charge is -1.98. The molecule has 74 valence electrons. The Balaban J connectivity index is 2.71. The highest BCUT2D eigenvalue weighted by Gasteiger charge is 2.06. The number of benzene rings is 1. The molecule has 0 radical (unpaired) electrons. The van der Waals surface area contributed by atoms with Gasteiger partial charge in [-0.15, -0.1) is 0 Å². The summed E-state index contributed by atoms with van der Waals surface area (Å²) in [4.78, 5) is 3.35. The Morgan fingerprint density at radius 3 is 2.79 bits per heavy atom. The smallest absolute Gasteiger partial charge is 0.0459 e. The highest BCUT2D eigenvalue weighted by atomic mass is 14.7. The van der Waals surface area contributed by atoms with Gasteiger partial charge in [0.15, 0.2) is 0 Å². The fraction of sp³-hybridized carbons (Fsp3) is 0.333. The Bertz CT molecular complexity index is 455. The molecule has 2 heteroatoms. The van der Waals surface area contributed by atoms with Gasteiger partial charge in [-0.3, -0.25) is 0 Å². The monoisotopic (exact) mass is 188 g/mol. The molecule has 0 aliphatic carbocycles. The standard InChI is InChI=1S/C12H16N2/c1-3-9-4-5-12-10(6-9)11(7-13)8(2)14-12/h4-6,14H,3,7,13H2,1-2H3. The van der Waals surface area contributed by atoms with Crippen LogP contribution in [0, 0.1) is 6.92 Å². The first-order chi connectivity index (χ1) is 6.76. The molecule has 0 saturated carbocycles. The molecule has 0 unspecified atom stereocenters. The zero-order chi connectivity index (χ0) is 10.1. The van der Waals surface area contributed by atoms with Crippen molar-refractivity contribution in [1.82, 2.24) is 4.98 Å². The van der Waals surface area contributed by atoms with Crippen molar-refractivity contribution in [2.75, 3.05) is 0 Å². The van der Waals surface area contributed by atoms with Gasteiger partial charge >= 0.3 is 0 Å². The van der Waals surface area contributed by atoms with Crippen LogP contribution in [0.2, 0.25) is 0 Å². The predicted molar refractivity (Wildman–Crippen MR) is 60.3 cm³/mol. The van der Waals surface area contributed by atoms with Crippen LogP contribution in [0.5, 0.6) is 0 Å². The second-order valence-electron chi connectivity index (χ2n) is 3.67. The third kappa shape index (κ3) is 1.32. The van der Waals surface area contributed by atoms with E-state index in [0.29, 0.717) is 6.54 Å². The van der Waals surface area contributed by atoms with Gasteiger partial charge in [0.1, 0.15) is 0 Å². The summed E-state index contributed by atoms with van der Waals surface area (Å²) in [6.07, 6.45) is 1.07. The second-order valence-corrected chi connectivity index (χ2v) is 3.67. The average molecular weight is 188 g/mol. The number of nitrogens with one attached hydrogen (secondary N) is 1. The first kappa shape index (κ1) is 9.28. The number of hydrogen-bond acceptors (Lipinski definition) is 1. The van der Waals surface area contributed by atoms with E-state index in [9.17, 15) is 0 Å². The average Bonchev–Trinajstić information content (AvgIpc) is 2.52. The van der Waals surface area contributed by atoms with E-state index in [1.165, 1.54) is 27.7 Å². The molecule has 1 heterocycles. The largest absolute Gasteiger partial charge is 0.358 e. The van der Waals surface area contributed by atoms with E-state index in [4.69, 9.17) is 5.73 Å². The third-order valence-corrected chi connectivity index (χ3v) is 2.80. The molecule has 0 amide bonds. The molecule has 0 saturated heterocycles. The number of aryl methyl sites for hydroxylation is 2. The van der Waals surface area contributed by atoms with Crippen molar-refractivity contribution in [3.63, 3.8) is 0 Å². The Hall–Kier alpha value is -1.28. The van der Waals surface area contributed by atoms with E-state index in [0.717, 1.165) is 6.42 Å². The van der Waals surface area contributed by atoms with Gasteiger partial charge in [0.2, 0.25) is 0 Å². The molecular weight excluding hydrogens is 172 g/mol. The van der Waals surface area contributed by atoms with Crippen LogP contribution in [-0.4, -0.2) is 4.98 Å². The van der Waals surface area contributed by atoms with Gasteiger partial charge in [-0.1, -0.05) is 13.0 Å². The van der Waals surface area contributed by atoms with Crippen LogP contribution < -0.4 is 5.73 Å². The van der Waals surface area contributed by atoms with Crippen LogP contribution in [0.4, 0.5) is 0 Å². The maximum Gasteiger partial charge on any atom is 0.0459 e. The summed E-state index contributed by atoms with van der Waals surface area (Å²) in [5.74, 6) is 0. The fourth-order valence-electron chi connectivity index (χ4n) is 1.91. The number of H-pyrrole nitrogens is 1. The van der Waals surface area contributed by atoms with Crippen molar-refractivity contribution in [3.8, 4) is 0 Å². The molecule has 0 atom stereocenters. The van der Waals surface area contributed by atoms with Gasteiger partial charge in [-0.2, -0.15) is 0 Å². The van der Waals surface area contributed by atoms with E-state index in [1.54, 1.807) is 0 Å². The lowest BCUT2D eigenvalue weighted by atomic mass is 10.1. The van der Waals surface area contributed by atoms with Crippen molar-refractivity contribution in [2.24, 2.45) is 5.73 Å². The first-order valence-corrected chi connectivity index (χ1v) is 5.06. The van der Waals surface area contributed by atoms with Gasteiger partial charge in [0, 0.05) is 23.1 Å². The van der Waals surface area contributed by atoms with E-state index >= 15 is 0 Å². The molecule has 1 aromatic carbocycles. The minimum Gasteiger partial charge on any atom is -0.358 e. The topological polar surface area (TPSA) is 41.8 Å². The Labute approximate surface area is 84.1 Å². The molecule has 2 nitrogen and oxygen atoms in total. The first-order valence-electron chi connectivity index (χ1n) is 5.06. The minimum absolute atomic E-state index is 0.610. The zero-order valence-corrected chi connectivity index (χ0v) is 8.72. The molecule has 0 fully saturated rings. The van der Waals surface area contributed by atoms with Crippen LogP contribution in [0.25, 0.3) is 10.9 Å². The SMILES string of the molecule is CCc1ccc2[nH]c(C)c(CN)c2c1. The number of aromatic amines is 1. The van der Waals surface area contributed by atoms with Gasteiger partial charge in [-0.25, -0.2) is 0 Å². The number of nitrogens with two attached hydrogens (primary N) is 1. The van der Waals surface area contributed by atoms with Crippen molar-refractivity contribution in [2.45, 2.75) is 26.8 Å². The number of rotatable bonds is 2. The van der Waals surface area contributed by atoms with Gasteiger partial charge in [0.05, 0.1) is 0 Å². The molecule has 2 rings (SSSR count). The molecule has 0 aliphatic rings. The fourth-order valence-corrected chi connectivity index (χ4v) is 1.91. The summed E-state index contributed by atoms with van der Waals surface area (Å²) in [5, 5.41) is 1.28. The summed E-state index contributed by atoms with van der Waals surface area (Å²) in [7, 11) is 0. The van der Waals surface area contributed by atoms with Crippen molar-refractivity contribution in [3.05, 3.63) is 35.0 Å². The molecule has 2 aromatic rings. The van der Waals surface area contributed by atoms with Crippen LogP contribution in [0.15, 0.2) is 18.2 Å². The third-order valence-electron chi connectivity index (χ3n) is 2.80. The zero-order valence-electron chi connectivity index (χ0n) is 8.72. The molecule has 1 aromatic heterocycles. The van der Waals surface area contributed by atoms with E-state index < -0.39 is 0 Å². The van der Waals surface area contributed by atoms with E-state index in [1.807, 2.05) is 0 Å². The predicted octanol–water partition coefficient (Wildman–Crippen LogP) is 2.50. The van der Waals surface area contributed by atoms with Gasteiger partial charge in [0.25, 0.3) is 0 Å². The molecular formula is C12H16N2. The molecule has 0 spiro atoms. The summed E-state index contributed by atoms with van der Waals surface area (Å²) in [5.41, 5.74) is 10.7. The molecule has 3 N–H and O–H groups in total. The Morgan fingerprint density at radius 1 is 1.36 bits per heavy atom. The van der Waals surface area contributed by atoms with Crippen LogP contribution in [0.1, 0.15) is 23.7 Å². The maximum absolute atomic E-state index is 5.73. The summed E-state index contributed by atoms with van der Waals surface area (Å²) in [6.45, 7) is 4.86. The molecule has 0 aliphatic heterocycles. The Kier molecular flexibility index (Phi) is 2.30. The van der Waals surface area contributed by atoms with Crippen LogP contribution in [-0.2, 0) is 13.0 Å². The normalized spacial score (nSPS) is 11.1. The van der Waals surface area contributed by atoms with Gasteiger partial charge < -0.3 is 10.7 Å². The summed E-state index contributed by atoms with van der Waals surface area (Å²) in [6, 6.07) is 6.54. The number of aromatic nitrogens is 1.